The summed E-state index contributed by atoms with van der Waals surface area (Å²) in [6.07, 6.45) is 20.3. The van der Waals surface area contributed by atoms with Gasteiger partial charge in [0, 0.05) is 121 Å². The van der Waals surface area contributed by atoms with Crippen LogP contribution >= 0.6 is 0 Å². The van der Waals surface area contributed by atoms with Crippen molar-refractivity contribution in [3.63, 3.8) is 0 Å². The van der Waals surface area contributed by atoms with Crippen molar-refractivity contribution in [3.8, 4) is 11.8 Å². The van der Waals surface area contributed by atoms with Gasteiger partial charge in [-0.3, -0.25) is 14.4 Å². The summed E-state index contributed by atoms with van der Waals surface area (Å²) in [5.74, 6) is 8.02. The van der Waals surface area contributed by atoms with Gasteiger partial charge < -0.3 is 39.0 Å². The summed E-state index contributed by atoms with van der Waals surface area (Å²) in [4.78, 5) is 50.1. The van der Waals surface area contributed by atoms with E-state index in [2.05, 4.69) is 167 Å². The maximum atomic E-state index is 12.3. The molecule has 5 atom stereocenters. The van der Waals surface area contributed by atoms with Gasteiger partial charge in [0.05, 0.1) is 6.61 Å². The molecule has 5 heterocycles. The predicted molar refractivity (Wildman–Crippen MR) is 348 cm³/mol. The zero-order valence-corrected chi connectivity index (χ0v) is 56.6. The molecule has 0 aromatic rings. The van der Waals surface area contributed by atoms with Crippen LogP contribution in [0.2, 0.25) is 0 Å². The van der Waals surface area contributed by atoms with Gasteiger partial charge in [0.1, 0.15) is 0 Å². The van der Waals surface area contributed by atoms with E-state index in [1.165, 1.54) is 62.2 Å². The fourth-order valence-corrected chi connectivity index (χ4v) is 11.6. The molecule has 0 aromatic carbocycles. The lowest BCUT2D eigenvalue weighted by molar-refractivity contribution is -0.129. The molecule has 5 fully saturated rings. The quantitative estimate of drug-likeness (QED) is 0.0763. The maximum absolute atomic E-state index is 12.3. The summed E-state index contributed by atoms with van der Waals surface area (Å²) in [6.45, 7) is 53.6. The van der Waals surface area contributed by atoms with Gasteiger partial charge in [0.25, 0.3) is 5.91 Å². The Morgan fingerprint density at radius 3 is 1.76 bits per heavy atom. The van der Waals surface area contributed by atoms with E-state index in [4.69, 9.17) is 4.74 Å². The molecule has 0 spiro atoms. The Hall–Kier alpha value is -4.32. The van der Waals surface area contributed by atoms with E-state index in [0.29, 0.717) is 54.4 Å². The van der Waals surface area contributed by atoms with Gasteiger partial charge in [-0.1, -0.05) is 128 Å². The molecule has 3 amide bonds. The van der Waals surface area contributed by atoms with E-state index in [-0.39, 0.29) is 28.7 Å². The van der Waals surface area contributed by atoms with Gasteiger partial charge in [0.2, 0.25) is 11.8 Å². The first kappa shape index (κ1) is 77.7. The van der Waals surface area contributed by atoms with Crippen LogP contribution in [0.15, 0.2) is 73.7 Å². The van der Waals surface area contributed by atoms with E-state index in [1.807, 2.05) is 29.0 Å². The summed E-state index contributed by atoms with van der Waals surface area (Å²) >= 11 is 0. The molecule has 14 heteroatoms. The minimum absolute atomic E-state index is 0.00394. The highest BCUT2D eigenvalue weighted by atomic mass is 19.4. The number of likely N-dealkylation sites (N-methyl/N-ethyl adjacent to an activating group) is 2. The molecule has 5 unspecified atom stereocenters. The first-order valence-corrected chi connectivity index (χ1v) is 31.7. The largest absolute Gasteiger partial charge is 0.409 e. The molecule has 5 aliphatic rings. The van der Waals surface area contributed by atoms with E-state index in [1.54, 1.807) is 20.1 Å². The molecule has 5 rings (SSSR count). The molecule has 0 aromatic heterocycles. The number of ether oxygens (including phenoxy) is 1. The Morgan fingerprint density at radius 1 is 0.667 bits per heavy atom. The van der Waals surface area contributed by atoms with Crippen molar-refractivity contribution < 1.29 is 32.3 Å². The van der Waals surface area contributed by atoms with Crippen LogP contribution in [0.1, 0.15) is 174 Å². The lowest BCUT2D eigenvalue weighted by atomic mass is 9.76. The van der Waals surface area contributed by atoms with Gasteiger partial charge in [-0.2, -0.15) is 13.2 Å². The van der Waals surface area contributed by atoms with Crippen molar-refractivity contribution in [3.05, 3.63) is 73.7 Å². The number of rotatable bonds is 18. The van der Waals surface area contributed by atoms with Crippen LogP contribution in [0.4, 0.5) is 13.2 Å². The topological polar surface area (TPSA) is 83.1 Å². The molecule has 0 N–H and O–H groups in total. The summed E-state index contributed by atoms with van der Waals surface area (Å²) in [5.41, 5.74) is 3.29. The third-order valence-electron chi connectivity index (χ3n) is 16.3. The number of alkyl halides is 3. The van der Waals surface area contributed by atoms with Crippen LogP contribution in [-0.4, -0.2) is 177 Å². The van der Waals surface area contributed by atoms with Crippen molar-refractivity contribution in [2.45, 2.75) is 192 Å². The van der Waals surface area contributed by atoms with E-state index < -0.39 is 12.1 Å². The van der Waals surface area contributed by atoms with Crippen LogP contribution in [-0.2, 0) is 19.1 Å². The molecule has 0 aliphatic carbocycles. The van der Waals surface area contributed by atoms with E-state index in [0.717, 1.165) is 108 Å². The number of nitrogens with zero attached hydrogens (tertiary/aromatic N) is 7. The first-order valence-electron chi connectivity index (χ1n) is 31.7. The Balaban J connectivity index is 0.000000528. The minimum Gasteiger partial charge on any atom is -0.383 e. The third kappa shape index (κ3) is 34.1. The molecule has 0 saturated carbocycles. The standard InChI is InChI=1S/C17H32N2O2.C15H28N2.C13H21NO.C13H23N.C12H18F3NO/c1-17(2,3)15-8-6-11-19(14-15)16(20)9-7-10-18(4)12-13-21-5;1-13(2)12-15-9-7-11-17(15)14(3)8-6-10-16(4)5;1-5-7-12(15)14-9-6-8-11(14)10-13(2,3)4;1-6-11(2)14-8-7-12(10-14)9-13(3,4)5;1-9(2)10-4-3-7-16(8-10)11(17)5-6-12(13,14)15/h7,9,15H,6,8,10-14H2,1-5H3;6,8,13,15H,3,7,9-12H2,1-2,4-5H3;11H,6,8-10H2,1-4H3;6,12H,1-2,7-10H2,3-5H3;5-6,9-10H,3-4,7-8H2,1-2H3/b9-7+;8-6+;;;6-5+. The molecular formula is C70H122F3N7O4. The van der Waals surface area contributed by atoms with Crippen LogP contribution in [0, 0.1) is 57.7 Å². The number of carbonyl (C=O) groups is 3. The molecule has 11 nitrogen and oxygen atoms in total. The Labute approximate surface area is 512 Å². The van der Waals surface area contributed by atoms with E-state index >= 15 is 0 Å². The second kappa shape index (κ2) is 38.8. The average Bonchev–Trinajstić information content (AvgIpc) is 4.32. The number of carbonyl (C=O) groups excluding carboxylic acids is 3. The zero-order valence-electron chi connectivity index (χ0n) is 56.6. The highest BCUT2D eigenvalue weighted by molar-refractivity contribution is 5.93. The van der Waals surface area contributed by atoms with Crippen molar-refractivity contribution >= 4 is 17.7 Å². The summed E-state index contributed by atoms with van der Waals surface area (Å²) in [6, 6.07) is 1.12. The maximum Gasteiger partial charge on any atom is 0.409 e. The number of piperidine rings is 2. The van der Waals surface area contributed by atoms with Crippen molar-refractivity contribution in [1.82, 2.24) is 34.3 Å². The Morgan fingerprint density at radius 2 is 1.23 bits per heavy atom. The number of amides is 3. The molecule has 5 saturated heterocycles. The fraction of sp³-hybridized carbons (Fsp3) is 0.757. The monoisotopic (exact) mass is 1180 g/mol. The van der Waals surface area contributed by atoms with Gasteiger partial charge in [-0.15, -0.1) is 0 Å². The third-order valence-corrected chi connectivity index (χ3v) is 16.3. The fourth-order valence-electron chi connectivity index (χ4n) is 11.6. The highest BCUT2D eigenvalue weighted by Crippen LogP contribution is 2.35. The number of halogens is 3. The lowest BCUT2D eigenvalue weighted by Gasteiger charge is -2.39. The Kier molecular flexibility index (Phi) is 35.8. The van der Waals surface area contributed by atoms with Crippen molar-refractivity contribution in [2.24, 2.45) is 45.8 Å². The van der Waals surface area contributed by atoms with Crippen LogP contribution in [0.25, 0.3) is 0 Å². The number of hydrogen-bond acceptors (Lipinski definition) is 8. The van der Waals surface area contributed by atoms with Crippen LogP contribution in [0.5, 0.6) is 0 Å². The van der Waals surface area contributed by atoms with Crippen molar-refractivity contribution in [2.75, 3.05) is 107 Å². The van der Waals surface area contributed by atoms with Gasteiger partial charge >= 0.3 is 6.18 Å². The Bertz CT molecular complexity index is 2120. The number of hydrogen-bond donors (Lipinski definition) is 0. The molecule has 482 valence electrons. The summed E-state index contributed by atoms with van der Waals surface area (Å²) < 4.78 is 40.8. The highest BCUT2D eigenvalue weighted by Gasteiger charge is 2.33. The van der Waals surface area contributed by atoms with Gasteiger partial charge in [-0.25, -0.2) is 0 Å². The normalized spacial score (nSPS) is 21.4. The van der Waals surface area contributed by atoms with Crippen LogP contribution < -0.4 is 0 Å². The summed E-state index contributed by atoms with van der Waals surface area (Å²) in [7, 11) is 7.91. The lowest BCUT2D eigenvalue weighted by Crippen LogP contribution is -2.43. The smallest absolute Gasteiger partial charge is 0.383 e. The van der Waals surface area contributed by atoms with Crippen LogP contribution in [0.3, 0.4) is 0 Å². The molecule has 84 heavy (non-hydrogen) atoms. The van der Waals surface area contributed by atoms with E-state index in [9.17, 15) is 27.6 Å². The molecule has 0 bridgehead atoms. The second-order valence-corrected chi connectivity index (χ2v) is 28.7. The second-order valence-electron chi connectivity index (χ2n) is 28.7. The summed E-state index contributed by atoms with van der Waals surface area (Å²) in [5, 5.41) is 0. The number of likely N-dealkylation sites (tertiary alicyclic amines) is 5. The number of methoxy groups -OCH3 is 1. The molecule has 0 radical (unpaired) electrons. The minimum atomic E-state index is -4.41. The first-order chi connectivity index (χ1) is 39.0. The van der Waals surface area contributed by atoms with Gasteiger partial charge in [0.15, 0.2) is 0 Å². The van der Waals surface area contributed by atoms with Crippen molar-refractivity contribution in [1.29, 1.82) is 0 Å². The number of allylic oxidation sites excluding steroid dienone is 3. The molecular weight excluding hydrogens is 1060 g/mol. The average molecular weight is 1180 g/mol. The predicted octanol–water partition coefficient (Wildman–Crippen LogP) is 14.4. The SMILES string of the molecule is C=C(/C=C/CN(C)C)N1CCCC1CC(C)C.C=CC(=C)N1CCC(CC(C)(C)C)C1.CC#CC(=O)N1CCCC1CC(C)(C)C.CC(C)C1CCCN(C(=O)/C=C/C(F)(F)F)C1.COCCN(C)C/C=C/C(=O)N1CCCC(C(C)(C)C)C1. The van der Waals surface area contributed by atoms with Gasteiger partial charge in [-0.05, 0) is 169 Å². The zero-order chi connectivity index (χ0) is 64.0. The molecule has 5 aliphatic heterocycles.